The average Bonchev–Trinajstić information content (AvgIpc) is 2.65. The first-order valence-corrected chi connectivity index (χ1v) is 5.14. The Labute approximate surface area is 95.9 Å². The number of nitrogens with zero attached hydrogens (tertiary/aromatic N) is 2. The van der Waals surface area contributed by atoms with Crippen LogP contribution in [0.3, 0.4) is 0 Å². The number of nitrogen functional groups attached to an aromatic ring is 1. The summed E-state index contributed by atoms with van der Waals surface area (Å²) in [7, 11) is 0. The third-order valence-corrected chi connectivity index (χ3v) is 2.73. The number of aromatic nitrogens is 1. The zero-order valence-corrected chi connectivity index (χ0v) is 9.40. The molecule has 2 N–H and O–H groups in total. The second-order valence-corrected chi connectivity index (χ2v) is 3.94. The Morgan fingerprint density at radius 2 is 2.13 bits per heavy atom. The van der Waals surface area contributed by atoms with Gasteiger partial charge >= 0.3 is 0 Å². The number of nitrogens with two attached hydrogens (primary N) is 1. The molecule has 4 heteroatoms. The highest BCUT2D eigenvalue weighted by Crippen LogP contribution is 2.24. The van der Waals surface area contributed by atoms with Crippen LogP contribution in [0.15, 0.2) is 41.0 Å². The smallest absolute Gasteiger partial charge is 0.124 e. The first kappa shape index (κ1) is 9.81. The lowest BCUT2D eigenvalue weighted by atomic mass is 10.3. The lowest BCUT2D eigenvalue weighted by Gasteiger charge is -2.07. The van der Waals surface area contributed by atoms with Crippen LogP contribution in [0.25, 0.3) is 5.69 Å². The second kappa shape index (κ2) is 3.79. The number of halogens is 1. The molecule has 0 spiro atoms. The van der Waals surface area contributed by atoms with Gasteiger partial charge in [-0.1, -0.05) is 0 Å². The normalized spacial score (nSPS) is 9.87. The van der Waals surface area contributed by atoms with Gasteiger partial charge in [-0.25, -0.2) is 0 Å². The van der Waals surface area contributed by atoms with Crippen molar-refractivity contribution in [2.45, 2.75) is 0 Å². The molecule has 0 bridgehead atoms. The minimum atomic E-state index is 0.598. The zero-order chi connectivity index (χ0) is 10.8. The molecule has 0 fully saturated rings. The Morgan fingerprint density at radius 1 is 1.33 bits per heavy atom. The highest BCUT2D eigenvalue weighted by Gasteiger charge is 2.05. The maximum Gasteiger partial charge on any atom is 0.124 e. The molecule has 1 heterocycles. The van der Waals surface area contributed by atoms with Crippen molar-refractivity contribution in [1.82, 2.24) is 4.57 Å². The lowest BCUT2D eigenvalue weighted by Crippen LogP contribution is -1.97. The summed E-state index contributed by atoms with van der Waals surface area (Å²) in [6.07, 6.45) is 1.84. The quantitative estimate of drug-likeness (QED) is 0.803. The van der Waals surface area contributed by atoms with Crippen molar-refractivity contribution in [2.24, 2.45) is 0 Å². The van der Waals surface area contributed by atoms with Gasteiger partial charge in [0.25, 0.3) is 0 Å². The largest absolute Gasteiger partial charge is 0.399 e. The third kappa shape index (κ3) is 1.74. The van der Waals surface area contributed by atoms with Crippen LogP contribution in [0, 0.1) is 11.3 Å². The van der Waals surface area contributed by atoms with Crippen LogP contribution in [0.1, 0.15) is 5.69 Å². The van der Waals surface area contributed by atoms with E-state index < -0.39 is 0 Å². The molecule has 3 nitrogen and oxygen atoms in total. The summed E-state index contributed by atoms with van der Waals surface area (Å²) < 4.78 is 2.68. The third-order valence-electron chi connectivity index (χ3n) is 2.09. The summed E-state index contributed by atoms with van der Waals surface area (Å²) in [5.74, 6) is 0. The predicted molar refractivity (Wildman–Crippen MR) is 62.6 cm³/mol. The summed E-state index contributed by atoms with van der Waals surface area (Å²) in [5, 5.41) is 8.90. The van der Waals surface area contributed by atoms with Gasteiger partial charge in [-0.2, -0.15) is 5.26 Å². The van der Waals surface area contributed by atoms with Crippen molar-refractivity contribution in [2.75, 3.05) is 5.73 Å². The van der Waals surface area contributed by atoms with Crippen LogP contribution >= 0.6 is 15.9 Å². The monoisotopic (exact) mass is 261 g/mol. The molecule has 2 aromatic rings. The standard InChI is InChI=1S/C11H8BrN3/c12-10-6-8(14)3-4-11(10)15-5-1-2-9(15)7-13/h1-6H,14H2. The maximum absolute atomic E-state index is 8.90. The van der Waals surface area contributed by atoms with Crippen molar-refractivity contribution < 1.29 is 0 Å². The van der Waals surface area contributed by atoms with Crippen LogP contribution in [0.2, 0.25) is 0 Å². The molecule has 0 amide bonds. The van der Waals surface area contributed by atoms with E-state index in [0.717, 1.165) is 10.2 Å². The van der Waals surface area contributed by atoms with Crippen molar-refractivity contribution in [1.29, 1.82) is 5.26 Å². The molecule has 15 heavy (non-hydrogen) atoms. The predicted octanol–water partition coefficient (Wildman–Crippen LogP) is 2.69. The van der Waals surface area contributed by atoms with Crippen LogP contribution in [-0.2, 0) is 0 Å². The Balaban J connectivity index is 2.60. The molecule has 0 saturated heterocycles. The molecule has 0 saturated carbocycles. The number of hydrogen-bond acceptors (Lipinski definition) is 2. The van der Waals surface area contributed by atoms with Gasteiger partial charge in [-0.15, -0.1) is 0 Å². The first-order valence-electron chi connectivity index (χ1n) is 4.35. The van der Waals surface area contributed by atoms with Gasteiger partial charge in [0.15, 0.2) is 0 Å². The first-order chi connectivity index (χ1) is 7.22. The average molecular weight is 262 g/mol. The summed E-state index contributed by atoms with van der Waals surface area (Å²) in [6.45, 7) is 0. The van der Waals surface area contributed by atoms with Crippen LogP contribution in [0.4, 0.5) is 5.69 Å². The van der Waals surface area contributed by atoms with E-state index in [9.17, 15) is 0 Å². The molecule has 0 aliphatic carbocycles. The molecule has 2 rings (SSSR count). The minimum absolute atomic E-state index is 0.598. The van der Waals surface area contributed by atoms with Crippen molar-refractivity contribution in [3.8, 4) is 11.8 Å². The molecule has 0 unspecified atom stereocenters. The Kier molecular flexibility index (Phi) is 2.48. The summed E-state index contributed by atoms with van der Waals surface area (Å²) in [4.78, 5) is 0. The Morgan fingerprint density at radius 3 is 2.80 bits per heavy atom. The van der Waals surface area contributed by atoms with Crippen LogP contribution in [-0.4, -0.2) is 4.57 Å². The van der Waals surface area contributed by atoms with E-state index in [0.29, 0.717) is 11.4 Å². The summed E-state index contributed by atoms with van der Waals surface area (Å²) in [5.41, 5.74) is 7.84. The fraction of sp³-hybridized carbons (Fsp3) is 0. The fourth-order valence-electron chi connectivity index (χ4n) is 1.40. The van der Waals surface area contributed by atoms with E-state index in [1.165, 1.54) is 0 Å². The van der Waals surface area contributed by atoms with E-state index in [2.05, 4.69) is 22.0 Å². The van der Waals surface area contributed by atoms with Gasteiger partial charge < -0.3 is 10.3 Å². The summed E-state index contributed by atoms with van der Waals surface area (Å²) >= 11 is 3.42. The van der Waals surface area contributed by atoms with Gasteiger partial charge in [0.05, 0.1) is 5.69 Å². The van der Waals surface area contributed by atoms with Gasteiger partial charge in [0.1, 0.15) is 11.8 Å². The molecule has 1 aromatic heterocycles. The fourth-order valence-corrected chi connectivity index (χ4v) is 1.99. The SMILES string of the molecule is N#Cc1cccn1-c1ccc(N)cc1Br. The lowest BCUT2D eigenvalue weighted by molar-refractivity contribution is 1.04. The maximum atomic E-state index is 8.90. The Hall–Kier alpha value is -1.73. The van der Waals surface area contributed by atoms with E-state index in [-0.39, 0.29) is 0 Å². The second-order valence-electron chi connectivity index (χ2n) is 3.09. The molecule has 0 aliphatic rings. The number of benzene rings is 1. The van der Waals surface area contributed by atoms with Gasteiger partial charge in [-0.05, 0) is 46.3 Å². The van der Waals surface area contributed by atoms with Crippen LogP contribution < -0.4 is 5.73 Å². The van der Waals surface area contributed by atoms with E-state index in [1.807, 2.05) is 29.0 Å². The number of hydrogen-bond donors (Lipinski definition) is 1. The number of nitriles is 1. The Bertz CT molecular complexity index is 537. The number of anilines is 1. The molecular formula is C11H8BrN3. The molecule has 1 aromatic carbocycles. The van der Waals surface area contributed by atoms with E-state index in [1.54, 1.807) is 12.1 Å². The molecular weight excluding hydrogens is 254 g/mol. The van der Waals surface area contributed by atoms with Gasteiger partial charge in [0, 0.05) is 16.4 Å². The highest BCUT2D eigenvalue weighted by atomic mass is 79.9. The van der Waals surface area contributed by atoms with E-state index >= 15 is 0 Å². The topological polar surface area (TPSA) is 54.7 Å². The summed E-state index contributed by atoms with van der Waals surface area (Å²) in [6, 6.07) is 11.2. The molecule has 0 atom stereocenters. The van der Waals surface area contributed by atoms with Crippen molar-refractivity contribution in [3.05, 3.63) is 46.7 Å². The van der Waals surface area contributed by atoms with Gasteiger partial charge in [0.2, 0.25) is 0 Å². The van der Waals surface area contributed by atoms with Crippen molar-refractivity contribution >= 4 is 21.6 Å². The van der Waals surface area contributed by atoms with Crippen LogP contribution in [0.5, 0.6) is 0 Å². The number of rotatable bonds is 1. The molecule has 74 valence electrons. The minimum Gasteiger partial charge on any atom is -0.399 e. The zero-order valence-electron chi connectivity index (χ0n) is 7.81. The van der Waals surface area contributed by atoms with Gasteiger partial charge in [-0.3, -0.25) is 0 Å². The van der Waals surface area contributed by atoms with Crippen molar-refractivity contribution in [3.63, 3.8) is 0 Å². The molecule has 0 radical (unpaired) electrons. The highest BCUT2D eigenvalue weighted by molar-refractivity contribution is 9.10. The molecule has 0 aliphatic heterocycles. The van der Waals surface area contributed by atoms with E-state index in [4.69, 9.17) is 11.0 Å².